The van der Waals surface area contributed by atoms with Crippen molar-refractivity contribution in [1.82, 2.24) is 5.32 Å². The van der Waals surface area contributed by atoms with Gasteiger partial charge >= 0.3 is 0 Å². The largest absolute Gasteiger partial charge is 0.489 e. The van der Waals surface area contributed by atoms with Crippen molar-refractivity contribution in [2.24, 2.45) is 0 Å². The Labute approximate surface area is 102 Å². The van der Waals surface area contributed by atoms with E-state index in [-0.39, 0.29) is 6.10 Å². The molecule has 1 aliphatic rings. The van der Waals surface area contributed by atoms with E-state index in [0.717, 1.165) is 36.8 Å². The quantitative estimate of drug-likeness (QED) is 0.823. The minimum absolute atomic E-state index is 0.190. The van der Waals surface area contributed by atoms with Crippen LogP contribution in [0.1, 0.15) is 20.3 Å². The second-order valence-corrected chi connectivity index (χ2v) is 3.97. The lowest BCUT2D eigenvalue weighted by molar-refractivity contribution is 0.173. The summed E-state index contributed by atoms with van der Waals surface area (Å²) < 4.78 is 16.5. The molecule has 0 saturated carbocycles. The molecule has 0 aromatic heterocycles. The van der Waals surface area contributed by atoms with Crippen LogP contribution in [0.2, 0.25) is 0 Å². The van der Waals surface area contributed by atoms with Crippen molar-refractivity contribution in [2.45, 2.75) is 26.4 Å². The normalized spacial score (nSPS) is 14.7. The van der Waals surface area contributed by atoms with Crippen LogP contribution in [-0.4, -0.2) is 26.0 Å². The first kappa shape index (κ1) is 12.0. The predicted octanol–water partition coefficient (Wildman–Crippen LogP) is 2.18. The molecule has 4 heteroatoms. The van der Waals surface area contributed by atoms with E-state index in [4.69, 9.17) is 14.2 Å². The summed E-state index contributed by atoms with van der Waals surface area (Å²) in [6.07, 6.45) is 1.16. The zero-order valence-corrected chi connectivity index (χ0v) is 10.4. The van der Waals surface area contributed by atoms with Crippen LogP contribution in [0.4, 0.5) is 0 Å². The van der Waals surface area contributed by atoms with E-state index >= 15 is 0 Å². The molecule has 2 rings (SSSR count). The fourth-order valence-corrected chi connectivity index (χ4v) is 1.72. The van der Waals surface area contributed by atoms with Gasteiger partial charge in [-0.25, -0.2) is 0 Å². The lowest BCUT2D eigenvalue weighted by Crippen LogP contribution is -2.30. The van der Waals surface area contributed by atoms with Crippen molar-refractivity contribution in [1.29, 1.82) is 0 Å². The van der Waals surface area contributed by atoms with Gasteiger partial charge in [0.15, 0.2) is 11.5 Å². The molecule has 0 bridgehead atoms. The molecule has 1 heterocycles. The molecule has 1 atom stereocenters. The maximum absolute atomic E-state index is 5.89. The van der Waals surface area contributed by atoms with Gasteiger partial charge in [-0.05, 0) is 25.1 Å². The number of ether oxygens (including phenoxy) is 3. The Balaban J connectivity index is 1.97. The SMILES string of the molecule is CCNCC(CC)Oc1ccc2c(c1)OCO2. The Kier molecular flexibility index (Phi) is 4.09. The van der Waals surface area contributed by atoms with Gasteiger partial charge in [-0.15, -0.1) is 0 Å². The third-order valence-electron chi connectivity index (χ3n) is 2.72. The summed E-state index contributed by atoms with van der Waals surface area (Å²) in [5.74, 6) is 2.39. The van der Waals surface area contributed by atoms with Crippen LogP contribution in [0.5, 0.6) is 17.2 Å². The van der Waals surface area contributed by atoms with Crippen LogP contribution in [0, 0.1) is 0 Å². The topological polar surface area (TPSA) is 39.7 Å². The molecule has 0 spiro atoms. The van der Waals surface area contributed by atoms with E-state index in [1.54, 1.807) is 0 Å². The van der Waals surface area contributed by atoms with Crippen molar-refractivity contribution in [2.75, 3.05) is 19.9 Å². The second kappa shape index (κ2) is 5.77. The van der Waals surface area contributed by atoms with E-state index in [2.05, 4.69) is 19.2 Å². The highest BCUT2D eigenvalue weighted by Gasteiger charge is 2.15. The molecular weight excluding hydrogens is 218 g/mol. The summed E-state index contributed by atoms with van der Waals surface area (Å²) in [5.41, 5.74) is 0. The fourth-order valence-electron chi connectivity index (χ4n) is 1.72. The molecule has 1 N–H and O–H groups in total. The highest BCUT2D eigenvalue weighted by molar-refractivity contribution is 5.46. The molecule has 17 heavy (non-hydrogen) atoms. The summed E-state index contributed by atoms with van der Waals surface area (Å²) in [5, 5.41) is 3.29. The zero-order chi connectivity index (χ0) is 12.1. The lowest BCUT2D eigenvalue weighted by atomic mass is 10.2. The molecule has 0 fully saturated rings. The smallest absolute Gasteiger partial charge is 0.231 e. The van der Waals surface area contributed by atoms with Crippen LogP contribution in [0.3, 0.4) is 0 Å². The maximum atomic E-state index is 5.89. The number of rotatable bonds is 6. The Morgan fingerprint density at radius 3 is 2.88 bits per heavy atom. The highest BCUT2D eigenvalue weighted by atomic mass is 16.7. The van der Waals surface area contributed by atoms with Crippen LogP contribution in [-0.2, 0) is 0 Å². The number of hydrogen-bond donors (Lipinski definition) is 1. The van der Waals surface area contributed by atoms with Gasteiger partial charge in [0, 0.05) is 12.6 Å². The predicted molar refractivity (Wildman–Crippen MR) is 65.8 cm³/mol. The molecule has 0 amide bonds. The van der Waals surface area contributed by atoms with Crippen molar-refractivity contribution < 1.29 is 14.2 Å². The average molecular weight is 237 g/mol. The third-order valence-corrected chi connectivity index (χ3v) is 2.72. The van der Waals surface area contributed by atoms with Gasteiger partial charge in [-0.3, -0.25) is 0 Å². The standard InChI is InChI=1S/C13H19NO3/c1-3-10(8-14-4-2)17-11-5-6-12-13(7-11)16-9-15-12/h5-7,10,14H,3-4,8-9H2,1-2H3. The van der Waals surface area contributed by atoms with Crippen LogP contribution in [0.25, 0.3) is 0 Å². The van der Waals surface area contributed by atoms with Gasteiger partial charge in [-0.1, -0.05) is 13.8 Å². The summed E-state index contributed by atoms with van der Waals surface area (Å²) in [6.45, 7) is 6.33. The van der Waals surface area contributed by atoms with Gasteiger partial charge in [0.05, 0.1) is 0 Å². The Morgan fingerprint density at radius 2 is 2.12 bits per heavy atom. The van der Waals surface area contributed by atoms with Crippen LogP contribution >= 0.6 is 0 Å². The summed E-state index contributed by atoms with van der Waals surface area (Å²) >= 11 is 0. The first-order valence-electron chi connectivity index (χ1n) is 6.10. The van der Waals surface area contributed by atoms with Crippen LogP contribution < -0.4 is 19.5 Å². The lowest BCUT2D eigenvalue weighted by Gasteiger charge is -2.17. The highest BCUT2D eigenvalue weighted by Crippen LogP contribution is 2.35. The Morgan fingerprint density at radius 1 is 1.29 bits per heavy atom. The van der Waals surface area contributed by atoms with E-state index < -0.39 is 0 Å². The molecule has 94 valence electrons. The molecule has 1 aromatic carbocycles. The van der Waals surface area contributed by atoms with Gasteiger partial charge in [-0.2, -0.15) is 0 Å². The number of fused-ring (bicyclic) bond motifs is 1. The summed E-state index contributed by atoms with van der Waals surface area (Å²) in [6, 6.07) is 5.69. The molecule has 1 aliphatic heterocycles. The van der Waals surface area contributed by atoms with E-state index in [9.17, 15) is 0 Å². The van der Waals surface area contributed by atoms with Gasteiger partial charge in [0.2, 0.25) is 6.79 Å². The minimum atomic E-state index is 0.190. The summed E-state index contributed by atoms with van der Waals surface area (Å²) in [7, 11) is 0. The Hall–Kier alpha value is -1.42. The monoisotopic (exact) mass is 237 g/mol. The van der Waals surface area contributed by atoms with Crippen LogP contribution in [0.15, 0.2) is 18.2 Å². The summed E-state index contributed by atoms with van der Waals surface area (Å²) in [4.78, 5) is 0. The molecule has 1 aromatic rings. The minimum Gasteiger partial charge on any atom is -0.489 e. The number of nitrogens with one attached hydrogen (secondary N) is 1. The molecular formula is C13H19NO3. The average Bonchev–Trinajstić information content (AvgIpc) is 2.81. The molecule has 0 aliphatic carbocycles. The Bertz CT molecular complexity index is 368. The van der Waals surface area contributed by atoms with Gasteiger partial charge < -0.3 is 19.5 Å². The van der Waals surface area contributed by atoms with E-state index in [1.165, 1.54) is 0 Å². The first-order valence-corrected chi connectivity index (χ1v) is 6.10. The number of benzene rings is 1. The maximum Gasteiger partial charge on any atom is 0.231 e. The number of likely N-dealkylation sites (N-methyl/N-ethyl adjacent to an activating group) is 1. The first-order chi connectivity index (χ1) is 8.33. The van der Waals surface area contributed by atoms with Crippen molar-refractivity contribution in [3.05, 3.63) is 18.2 Å². The van der Waals surface area contributed by atoms with Crippen molar-refractivity contribution in [3.8, 4) is 17.2 Å². The van der Waals surface area contributed by atoms with Gasteiger partial charge in [0.25, 0.3) is 0 Å². The van der Waals surface area contributed by atoms with Crippen molar-refractivity contribution in [3.63, 3.8) is 0 Å². The molecule has 4 nitrogen and oxygen atoms in total. The third kappa shape index (κ3) is 3.03. The fraction of sp³-hybridized carbons (Fsp3) is 0.538. The molecule has 0 radical (unpaired) electrons. The van der Waals surface area contributed by atoms with E-state index in [0.29, 0.717) is 6.79 Å². The number of hydrogen-bond acceptors (Lipinski definition) is 4. The van der Waals surface area contributed by atoms with Crippen molar-refractivity contribution >= 4 is 0 Å². The van der Waals surface area contributed by atoms with E-state index in [1.807, 2.05) is 18.2 Å². The zero-order valence-electron chi connectivity index (χ0n) is 10.4. The molecule has 0 saturated heterocycles. The second-order valence-electron chi connectivity index (χ2n) is 3.97. The van der Waals surface area contributed by atoms with Gasteiger partial charge in [0.1, 0.15) is 11.9 Å². The molecule has 1 unspecified atom stereocenters.